The SMILES string of the molecule is O=S(=O)(c1ccc2c(c1)CCCC2)N1CC(Oc2cc(C(F)(F)F)ccn2)C1. The molecule has 0 radical (unpaired) electrons. The summed E-state index contributed by atoms with van der Waals surface area (Å²) in [6.45, 7) is 0.161. The zero-order valence-corrected chi connectivity index (χ0v) is 15.8. The van der Waals surface area contributed by atoms with Crippen molar-refractivity contribution in [3.8, 4) is 5.88 Å². The van der Waals surface area contributed by atoms with Crippen molar-refractivity contribution in [3.63, 3.8) is 0 Å². The van der Waals surface area contributed by atoms with E-state index in [2.05, 4.69) is 4.98 Å². The standard InChI is InChI=1S/C19H19F3N2O3S/c20-19(21,22)15-7-8-23-18(10-15)27-16-11-24(12-16)28(25,26)17-6-5-13-3-1-2-4-14(13)9-17/h5-10,16H,1-4,11-12H2. The minimum atomic E-state index is -4.48. The van der Waals surface area contributed by atoms with Gasteiger partial charge in [0.15, 0.2) is 0 Å². The monoisotopic (exact) mass is 412 g/mol. The van der Waals surface area contributed by atoms with Crippen LogP contribution in [0.25, 0.3) is 0 Å². The van der Waals surface area contributed by atoms with Gasteiger partial charge in [0.1, 0.15) is 6.10 Å². The van der Waals surface area contributed by atoms with E-state index in [-0.39, 0.29) is 23.9 Å². The molecular weight excluding hydrogens is 393 g/mol. The molecule has 0 unspecified atom stereocenters. The van der Waals surface area contributed by atoms with E-state index in [1.54, 1.807) is 12.1 Å². The van der Waals surface area contributed by atoms with Crippen molar-refractivity contribution in [1.82, 2.24) is 9.29 Å². The number of benzene rings is 1. The number of pyridine rings is 1. The first kappa shape index (κ1) is 19.2. The Labute approximate surface area is 161 Å². The summed E-state index contributed by atoms with van der Waals surface area (Å²) in [5.74, 6) is -0.161. The largest absolute Gasteiger partial charge is 0.472 e. The molecule has 28 heavy (non-hydrogen) atoms. The van der Waals surface area contributed by atoms with E-state index in [0.29, 0.717) is 0 Å². The van der Waals surface area contributed by atoms with Crippen LogP contribution in [0.1, 0.15) is 29.5 Å². The number of halogens is 3. The Hall–Kier alpha value is -2.13. The van der Waals surface area contributed by atoms with Gasteiger partial charge in [-0.05, 0) is 55.0 Å². The molecule has 5 nitrogen and oxygen atoms in total. The average molecular weight is 412 g/mol. The van der Waals surface area contributed by atoms with Crippen LogP contribution in [0.4, 0.5) is 13.2 Å². The lowest BCUT2D eigenvalue weighted by molar-refractivity contribution is -0.137. The second-order valence-electron chi connectivity index (χ2n) is 7.08. The fourth-order valence-corrected chi connectivity index (χ4v) is 5.07. The fraction of sp³-hybridized carbons (Fsp3) is 0.421. The highest BCUT2D eigenvalue weighted by Gasteiger charge is 2.39. The van der Waals surface area contributed by atoms with Gasteiger partial charge in [0.2, 0.25) is 15.9 Å². The minimum absolute atomic E-state index is 0.0807. The van der Waals surface area contributed by atoms with E-state index in [9.17, 15) is 21.6 Å². The molecule has 1 aliphatic heterocycles. The maximum atomic E-state index is 12.8. The summed E-state index contributed by atoms with van der Waals surface area (Å²) >= 11 is 0. The van der Waals surface area contributed by atoms with Crippen LogP contribution in [0.3, 0.4) is 0 Å². The average Bonchev–Trinajstić information content (AvgIpc) is 2.63. The third-order valence-electron chi connectivity index (χ3n) is 5.12. The summed E-state index contributed by atoms with van der Waals surface area (Å²) in [7, 11) is -3.64. The fourth-order valence-electron chi connectivity index (χ4n) is 3.51. The third kappa shape index (κ3) is 3.73. The number of hydrogen-bond donors (Lipinski definition) is 0. The Morgan fingerprint density at radius 1 is 1.04 bits per heavy atom. The van der Waals surface area contributed by atoms with Crippen molar-refractivity contribution in [2.45, 2.75) is 42.9 Å². The molecular formula is C19H19F3N2O3S. The maximum absolute atomic E-state index is 12.8. The molecule has 2 heterocycles. The number of ether oxygens (including phenoxy) is 1. The van der Waals surface area contributed by atoms with Crippen LogP contribution in [-0.2, 0) is 29.0 Å². The number of alkyl halides is 3. The van der Waals surface area contributed by atoms with Gasteiger partial charge >= 0.3 is 6.18 Å². The Morgan fingerprint density at radius 3 is 2.46 bits per heavy atom. The third-order valence-corrected chi connectivity index (χ3v) is 6.95. The quantitative estimate of drug-likeness (QED) is 0.772. The number of fused-ring (bicyclic) bond motifs is 1. The summed E-state index contributed by atoms with van der Waals surface area (Å²) in [5.41, 5.74) is 1.43. The van der Waals surface area contributed by atoms with Crippen molar-refractivity contribution in [2.24, 2.45) is 0 Å². The summed E-state index contributed by atoms with van der Waals surface area (Å²) in [4.78, 5) is 4.03. The predicted molar refractivity (Wildman–Crippen MR) is 95.5 cm³/mol. The highest BCUT2D eigenvalue weighted by Crippen LogP contribution is 2.32. The highest BCUT2D eigenvalue weighted by molar-refractivity contribution is 7.89. The Kier molecular flexibility index (Phi) is 4.83. The summed E-state index contributed by atoms with van der Waals surface area (Å²) in [6.07, 6.45) is 0.0446. The van der Waals surface area contributed by atoms with Crippen LogP contribution < -0.4 is 4.74 Å². The van der Waals surface area contributed by atoms with E-state index in [0.717, 1.165) is 49.6 Å². The molecule has 0 bridgehead atoms. The molecule has 1 aliphatic carbocycles. The normalized spacial score (nSPS) is 18.4. The number of sulfonamides is 1. The molecule has 1 fully saturated rings. The van der Waals surface area contributed by atoms with E-state index in [1.165, 1.54) is 9.87 Å². The van der Waals surface area contributed by atoms with Crippen LogP contribution in [0.2, 0.25) is 0 Å². The molecule has 2 aliphatic rings. The van der Waals surface area contributed by atoms with E-state index < -0.39 is 27.9 Å². The van der Waals surface area contributed by atoms with Gasteiger partial charge in [-0.25, -0.2) is 13.4 Å². The first-order valence-electron chi connectivity index (χ1n) is 9.05. The number of nitrogens with zero attached hydrogens (tertiary/aromatic N) is 2. The molecule has 150 valence electrons. The molecule has 0 spiro atoms. The lowest BCUT2D eigenvalue weighted by Crippen LogP contribution is -2.56. The molecule has 0 amide bonds. The molecule has 1 saturated heterocycles. The first-order chi connectivity index (χ1) is 13.2. The van der Waals surface area contributed by atoms with Gasteiger partial charge in [0, 0.05) is 12.3 Å². The molecule has 0 saturated carbocycles. The highest BCUT2D eigenvalue weighted by atomic mass is 32.2. The van der Waals surface area contributed by atoms with Crippen molar-refractivity contribution in [2.75, 3.05) is 13.1 Å². The van der Waals surface area contributed by atoms with Gasteiger partial charge in [-0.3, -0.25) is 0 Å². The second-order valence-corrected chi connectivity index (χ2v) is 9.02. The Balaban J connectivity index is 1.42. The predicted octanol–water partition coefficient (Wildman–Crippen LogP) is 3.43. The van der Waals surface area contributed by atoms with Gasteiger partial charge in [0.25, 0.3) is 0 Å². The van der Waals surface area contributed by atoms with Gasteiger partial charge in [-0.2, -0.15) is 17.5 Å². The first-order valence-corrected chi connectivity index (χ1v) is 10.5. The zero-order chi connectivity index (χ0) is 19.9. The van der Waals surface area contributed by atoms with Crippen molar-refractivity contribution in [1.29, 1.82) is 0 Å². The number of aryl methyl sites for hydroxylation is 2. The van der Waals surface area contributed by atoms with E-state index >= 15 is 0 Å². The Morgan fingerprint density at radius 2 is 1.75 bits per heavy atom. The summed E-state index contributed by atoms with van der Waals surface area (Å²) < 4.78 is 70.5. The van der Waals surface area contributed by atoms with Gasteiger partial charge < -0.3 is 4.74 Å². The lowest BCUT2D eigenvalue weighted by atomic mass is 9.92. The van der Waals surface area contributed by atoms with Crippen LogP contribution in [0.15, 0.2) is 41.4 Å². The van der Waals surface area contributed by atoms with Crippen molar-refractivity contribution < 1.29 is 26.3 Å². The number of aromatic nitrogens is 1. The van der Waals surface area contributed by atoms with Crippen LogP contribution in [-0.4, -0.2) is 36.9 Å². The molecule has 0 atom stereocenters. The van der Waals surface area contributed by atoms with Gasteiger partial charge in [0.05, 0.1) is 23.5 Å². The number of hydrogen-bond acceptors (Lipinski definition) is 4. The molecule has 0 N–H and O–H groups in total. The topological polar surface area (TPSA) is 59.5 Å². The molecule has 1 aromatic heterocycles. The smallest absolute Gasteiger partial charge is 0.416 e. The molecule has 9 heteroatoms. The van der Waals surface area contributed by atoms with Gasteiger partial charge in [-0.1, -0.05) is 6.07 Å². The van der Waals surface area contributed by atoms with E-state index in [1.807, 2.05) is 6.07 Å². The molecule has 2 aromatic rings. The van der Waals surface area contributed by atoms with Gasteiger partial charge in [-0.15, -0.1) is 0 Å². The Bertz CT molecular complexity index is 986. The minimum Gasteiger partial charge on any atom is -0.472 e. The molecule has 1 aromatic carbocycles. The van der Waals surface area contributed by atoms with Crippen molar-refractivity contribution in [3.05, 3.63) is 53.2 Å². The van der Waals surface area contributed by atoms with Crippen LogP contribution in [0.5, 0.6) is 5.88 Å². The van der Waals surface area contributed by atoms with Crippen LogP contribution in [0, 0.1) is 0 Å². The number of rotatable bonds is 4. The molecule has 4 rings (SSSR count). The van der Waals surface area contributed by atoms with Crippen molar-refractivity contribution >= 4 is 10.0 Å². The second kappa shape index (κ2) is 7.04. The zero-order valence-electron chi connectivity index (χ0n) is 14.9. The lowest BCUT2D eigenvalue weighted by Gasteiger charge is -2.37. The maximum Gasteiger partial charge on any atom is 0.416 e. The summed E-state index contributed by atoms with van der Waals surface area (Å²) in [6, 6.07) is 6.93. The van der Waals surface area contributed by atoms with E-state index in [4.69, 9.17) is 4.74 Å². The van der Waals surface area contributed by atoms with Crippen LogP contribution >= 0.6 is 0 Å². The summed E-state index contributed by atoms with van der Waals surface area (Å²) in [5, 5.41) is 0.